The number of hydrogen-bond donors (Lipinski definition) is 1. The summed E-state index contributed by atoms with van der Waals surface area (Å²) in [6, 6.07) is 3.65. The highest BCUT2D eigenvalue weighted by molar-refractivity contribution is 7.99. The van der Waals surface area contributed by atoms with Crippen LogP contribution in [0.2, 0.25) is 0 Å². The highest BCUT2D eigenvalue weighted by atomic mass is 32.2. The van der Waals surface area contributed by atoms with Crippen LogP contribution in [0.5, 0.6) is 0 Å². The summed E-state index contributed by atoms with van der Waals surface area (Å²) in [5.74, 6) is 1.40. The molecule has 1 amide bonds. The number of thioether (sulfide) groups is 1. The molecule has 0 aromatic carbocycles. The van der Waals surface area contributed by atoms with Crippen LogP contribution in [0.1, 0.15) is 18.4 Å². The first-order chi connectivity index (χ1) is 11.7. The van der Waals surface area contributed by atoms with E-state index in [1.807, 2.05) is 23.6 Å². The van der Waals surface area contributed by atoms with E-state index in [-0.39, 0.29) is 11.7 Å². The van der Waals surface area contributed by atoms with Crippen LogP contribution in [0.4, 0.5) is 5.13 Å². The average molecular weight is 364 g/mol. The molecule has 0 aliphatic heterocycles. The van der Waals surface area contributed by atoms with Gasteiger partial charge in [-0.2, -0.15) is 0 Å². The zero-order valence-corrected chi connectivity index (χ0v) is 14.9. The minimum atomic E-state index is -0.151. The first kappa shape index (κ1) is 16.7. The van der Waals surface area contributed by atoms with Gasteiger partial charge in [0.05, 0.1) is 12.0 Å². The van der Waals surface area contributed by atoms with Gasteiger partial charge in [-0.1, -0.05) is 30.0 Å². The molecule has 10 heteroatoms. The Kier molecular flexibility index (Phi) is 5.26. The van der Waals surface area contributed by atoms with Crippen LogP contribution >= 0.6 is 23.1 Å². The van der Waals surface area contributed by atoms with Crippen LogP contribution in [0.3, 0.4) is 0 Å². The number of carbonyl (C=O) groups is 1. The standard InChI is InChI=1S/C14H16N6O2S2/c1-3-6-20-12(10-5-4-7-22-10)17-19-14(20)23-8-11(21)15-13-18-16-9(2)24-13/h4-5,7H,3,6,8H2,1-2H3,(H,15,18,21). The fraction of sp³-hybridized carbons (Fsp3) is 0.357. The molecule has 8 nitrogen and oxygen atoms in total. The van der Waals surface area contributed by atoms with Crippen molar-refractivity contribution in [1.29, 1.82) is 0 Å². The summed E-state index contributed by atoms with van der Waals surface area (Å²) in [7, 11) is 0. The van der Waals surface area contributed by atoms with E-state index in [1.165, 1.54) is 23.1 Å². The first-order valence-electron chi connectivity index (χ1n) is 7.37. The lowest BCUT2D eigenvalue weighted by atomic mass is 10.4. The van der Waals surface area contributed by atoms with E-state index < -0.39 is 0 Å². The number of aryl methyl sites for hydroxylation is 1. The topological polar surface area (TPSA) is 98.7 Å². The Balaban J connectivity index is 1.67. The van der Waals surface area contributed by atoms with Crippen LogP contribution in [-0.2, 0) is 11.3 Å². The largest absolute Gasteiger partial charge is 0.461 e. The smallest absolute Gasteiger partial charge is 0.236 e. The van der Waals surface area contributed by atoms with Gasteiger partial charge in [0.2, 0.25) is 11.0 Å². The first-order valence-corrected chi connectivity index (χ1v) is 9.17. The highest BCUT2D eigenvalue weighted by Gasteiger charge is 2.17. The molecule has 24 heavy (non-hydrogen) atoms. The minimum Gasteiger partial charge on any atom is -0.461 e. The van der Waals surface area contributed by atoms with Crippen molar-refractivity contribution >= 4 is 34.1 Å². The van der Waals surface area contributed by atoms with E-state index >= 15 is 0 Å². The Morgan fingerprint density at radius 1 is 1.38 bits per heavy atom. The zero-order chi connectivity index (χ0) is 16.9. The number of nitrogens with one attached hydrogen (secondary N) is 1. The van der Waals surface area contributed by atoms with Gasteiger partial charge in [0.25, 0.3) is 0 Å². The SMILES string of the molecule is CCCn1c(SCC(=O)Nc2nnc(C)s2)nnc1-c1ccco1. The number of amides is 1. The molecule has 0 unspecified atom stereocenters. The van der Waals surface area contributed by atoms with Crippen LogP contribution in [0, 0.1) is 6.92 Å². The summed E-state index contributed by atoms with van der Waals surface area (Å²) in [6.45, 7) is 4.67. The maximum atomic E-state index is 12.0. The van der Waals surface area contributed by atoms with Gasteiger partial charge in [-0.25, -0.2) is 0 Å². The van der Waals surface area contributed by atoms with Gasteiger partial charge in [-0.05, 0) is 25.5 Å². The van der Waals surface area contributed by atoms with Crippen molar-refractivity contribution in [3.63, 3.8) is 0 Å². The molecule has 126 valence electrons. The third-order valence-corrected chi connectivity index (χ3v) is 4.73. The van der Waals surface area contributed by atoms with Crippen molar-refractivity contribution in [3.8, 4) is 11.6 Å². The van der Waals surface area contributed by atoms with Crippen molar-refractivity contribution in [2.75, 3.05) is 11.1 Å². The molecule has 3 heterocycles. The van der Waals surface area contributed by atoms with E-state index in [0.717, 1.165) is 18.0 Å². The number of hydrogen-bond acceptors (Lipinski definition) is 8. The number of carbonyl (C=O) groups excluding carboxylic acids is 1. The molecule has 3 rings (SSSR count). The molecule has 0 saturated carbocycles. The molecule has 0 atom stereocenters. The number of rotatable bonds is 7. The minimum absolute atomic E-state index is 0.151. The second kappa shape index (κ2) is 7.58. The van der Waals surface area contributed by atoms with Crippen LogP contribution in [0.25, 0.3) is 11.6 Å². The number of nitrogens with zero attached hydrogens (tertiary/aromatic N) is 5. The molecule has 0 spiro atoms. The van der Waals surface area contributed by atoms with Gasteiger partial charge in [-0.3, -0.25) is 14.7 Å². The molecule has 0 fully saturated rings. The van der Waals surface area contributed by atoms with Crippen molar-refractivity contribution in [3.05, 3.63) is 23.4 Å². The van der Waals surface area contributed by atoms with Crippen molar-refractivity contribution in [1.82, 2.24) is 25.0 Å². The van der Waals surface area contributed by atoms with Crippen molar-refractivity contribution in [2.45, 2.75) is 32.0 Å². The Bertz CT molecular complexity index is 811. The summed E-state index contributed by atoms with van der Waals surface area (Å²) < 4.78 is 7.37. The predicted octanol–water partition coefficient (Wildman–Crippen LogP) is 2.84. The summed E-state index contributed by atoms with van der Waals surface area (Å²) in [5, 5.41) is 20.8. The molecule has 0 aliphatic carbocycles. The summed E-state index contributed by atoms with van der Waals surface area (Å²) in [4.78, 5) is 12.0. The Morgan fingerprint density at radius 2 is 2.25 bits per heavy atom. The third-order valence-electron chi connectivity index (χ3n) is 3.01. The molecule has 0 saturated heterocycles. The quantitative estimate of drug-likeness (QED) is 0.644. The molecule has 3 aromatic rings. The normalized spacial score (nSPS) is 10.9. The van der Waals surface area contributed by atoms with E-state index in [4.69, 9.17) is 4.42 Å². The predicted molar refractivity (Wildman–Crippen MR) is 92.0 cm³/mol. The lowest BCUT2D eigenvalue weighted by Crippen LogP contribution is -2.14. The molecule has 0 aliphatic rings. The van der Waals surface area contributed by atoms with Crippen molar-refractivity contribution < 1.29 is 9.21 Å². The number of furan rings is 1. The lowest BCUT2D eigenvalue weighted by Gasteiger charge is -2.07. The maximum Gasteiger partial charge on any atom is 0.236 e. The van der Waals surface area contributed by atoms with E-state index in [0.29, 0.717) is 21.9 Å². The molecule has 0 bridgehead atoms. The monoisotopic (exact) mass is 364 g/mol. The van der Waals surface area contributed by atoms with E-state index in [1.54, 1.807) is 6.26 Å². The van der Waals surface area contributed by atoms with Gasteiger partial charge in [0.1, 0.15) is 5.01 Å². The van der Waals surface area contributed by atoms with Gasteiger partial charge < -0.3 is 4.42 Å². The highest BCUT2D eigenvalue weighted by Crippen LogP contribution is 2.25. The summed E-state index contributed by atoms with van der Waals surface area (Å²) >= 11 is 2.67. The molecule has 0 radical (unpaired) electrons. The number of aromatic nitrogens is 5. The van der Waals surface area contributed by atoms with E-state index in [2.05, 4.69) is 32.6 Å². The fourth-order valence-corrected chi connectivity index (χ4v) is 3.41. The van der Waals surface area contributed by atoms with Gasteiger partial charge in [-0.15, -0.1) is 20.4 Å². The van der Waals surface area contributed by atoms with Crippen molar-refractivity contribution in [2.24, 2.45) is 0 Å². The summed E-state index contributed by atoms with van der Waals surface area (Å²) in [6.07, 6.45) is 2.53. The molecular formula is C14H16N6O2S2. The lowest BCUT2D eigenvalue weighted by molar-refractivity contribution is -0.113. The van der Waals surface area contributed by atoms with Crippen LogP contribution in [-0.4, -0.2) is 36.6 Å². The second-order valence-corrected chi connectivity index (χ2v) is 7.02. The Hall–Kier alpha value is -2.20. The second-order valence-electron chi connectivity index (χ2n) is 4.90. The summed E-state index contributed by atoms with van der Waals surface area (Å²) in [5.41, 5.74) is 0. The van der Waals surface area contributed by atoms with Gasteiger partial charge in [0, 0.05) is 6.54 Å². The van der Waals surface area contributed by atoms with Crippen LogP contribution < -0.4 is 5.32 Å². The number of anilines is 1. The van der Waals surface area contributed by atoms with E-state index in [9.17, 15) is 4.79 Å². The fourth-order valence-electron chi connectivity index (χ4n) is 2.04. The Labute approximate surface area is 146 Å². The Morgan fingerprint density at radius 3 is 2.92 bits per heavy atom. The molecular weight excluding hydrogens is 348 g/mol. The van der Waals surface area contributed by atoms with Crippen LogP contribution in [0.15, 0.2) is 28.0 Å². The third kappa shape index (κ3) is 3.82. The molecule has 3 aromatic heterocycles. The van der Waals surface area contributed by atoms with Gasteiger partial charge in [0.15, 0.2) is 16.7 Å². The average Bonchev–Trinajstić information content (AvgIpc) is 3.27. The maximum absolute atomic E-state index is 12.0. The molecule has 1 N–H and O–H groups in total. The van der Waals surface area contributed by atoms with Gasteiger partial charge >= 0.3 is 0 Å². The zero-order valence-electron chi connectivity index (χ0n) is 13.2.